The van der Waals surface area contributed by atoms with Gasteiger partial charge >= 0.3 is 0 Å². The number of rotatable bonds is 4. The first-order valence-corrected chi connectivity index (χ1v) is 14.3. The highest BCUT2D eigenvalue weighted by molar-refractivity contribution is 7.09. The molecule has 0 spiro atoms. The maximum absolute atomic E-state index is 3.20. The van der Waals surface area contributed by atoms with Crippen LogP contribution in [0.2, 0.25) is 38.3 Å². The summed E-state index contributed by atoms with van der Waals surface area (Å²) in [7, 11) is -2.17. The van der Waals surface area contributed by atoms with Crippen LogP contribution in [0.15, 0.2) is 12.1 Å². The van der Waals surface area contributed by atoms with Crippen molar-refractivity contribution in [3.8, 4) is 0 Å². The lowest BCUT2D eigenvalue weighted by molar-refractivity contribution is 0.552. The van der Waals surface area contributed by atoms with Crippen LogP contribution in [-0.2, 0) is 6.42 Å². The summed E-state index contributed by atoms with van der Waals surface area (Å²) in [4.78, 5) is 1.51. The molecular formula is C14H26NSSi2. The minimum Gasteiger partial charge on any atom is -0.345 e. The first-order valence-electron chi connectivity index (χ1n) is 7.14. The lowest BCUT2D eigenvalue weighted by atomic mass is 10.3. The molecular weight excluding hydrogens is 270 g/mol. The van der Waals surface area contributed by atoms with Crippen molar-refractivity contribution in [2.24, 2.45) is 0 Å². The second-order valence-electron chi connectivity index (χ2n) is 6.75. The SMILES string of the molecule is C[Si]1(C)CCC[Si](C)(C)N1CCCc1cc[c]s1. The predicted octanol–water partition coefficient (Wildman–Crippen LogP) is 4.60. The van der Waals surface area contributed by atoms with Gasteiger partial charge in [-0.3, -0.25) is 0 Å². The normalized spacial score (nSPS) is 23.1. The Bertz CT molecular complexity index is 357. The molecule has 1 aliphatic rings. The Morgan fingerprint density at radius 1 is 1.22 bits per heavy atom. The summed E-state index contributed by atoms with van der Waals surface area (Å²) in [5.74, 6) is 0. The van der Waals surface area contributed by atoms with E-state index < -0.39 is 16.5 Å². The summed E-state index contributed by atoms with van der Waals surface area (Å²) in [6, 6.07) is 7.30. The molecule has 1 nitrogen and oxygen atoms in total. The molecule has 1 aromatic rings. The molecule has 2 rings (SSSR count). The van der Waals surface area contributed by atoms with E-state index in [9.17, 15) is 0 Å². The molecule has 18 heavy (non-hydrogen) atoms. The highest BCUT2D eigenvalue weighted by Crippen LogP contribution is 2.34. The van der Waals surface area contributed by atoms with Gasteiger partial charge < -0.3 is 4.23 Å². The van der Waals surface area contributed by atoms with Crippen molar-refractivity contribution < 1.29 is 0 Å². The number of hydrogen-bond acceptors (Lipinski definition) is 2. The van der Waals surface area contributed by atoms with E-state index >= 15 is 0 Å². The van der Waals surface area contributed by atoms with E-state index in [4.69, 9.17) is 0 Å². The van der Waals surface area contributed by atoms with Gasteiger partial charge in [0.25, 0.3) is 0 Å². The van der Waals surface area contributed by atoms with E-state index in [1.165, 1.54) is 42.8 Å². The van der Waals surface area contributed by atoms with Crippen LogP contribution in [0.5, 0.6) is 0 Å². The molecule has 0 atom stereocenters. The summed E-state index contributed by atoms with van der Waals surface area (Å²) in [6.45, 7) is 11.7. The second kappa shape index (κ2) is 5.61. The maximum atomic E-state index is 3.20. The van der Waals surface area contributed by atoms with Gasteiger partial charge in [0.15, 0.2) is 0 Å². The van der Waals surface area contributed by atoms with Gasteiger partial charge in [0.2, 0.25) is 0 Å². The predicted molar refractivity (Wildman–Crippen MR) is 87.4 cm³/mol. The quantitative estimate of drug-likeness (QED) is 0.734. The Balaban J connectivity index is 1.92. The molecule has 0 bridgehead atoms. The fraction of sp³-hybridized carbons (Fsp3) is 0.714. The van der Waals surface area contributed by atoms with Gasteiger partial charge in [-0.15, -0.1) is 11.3 Å². The van der Waals surface area contributed by atoms with Crippen molar-refractivity contribution in [2.75, 3.05) is 6.54 Å². The minimum absolute atomic E-state index is 1.09. The van der Waals surface area contributed by atoms with Gasteiger partial charge in [0, 0.05) is 10.3 Å². The van der Waals surface area contributed by atoms with Gasteiger partial charge in [-0.2, -0.15) is 0 Å². The van der Waals surface area contributed by atoms with E-state index in [-0.39, 0.29) is 0 Å². The molecule has 1 aliphatic heterocycles. The van der Waals surface area contributed by atoms with Crippen LogP contribution in [0.3, 0.4) is 0 Å². The van der Waals surface area contributed by atoms with Crippen molar-refractivity contribution in [3.05, 3.63) is 22.4 Å². The average Bonchev–Trinajstić information content (AvgIpc) is 2.74. The van der Waals surface area contributed by atoms with Crippen molar-refractivity contribution in [1.29, 1.82) is 0 Å². The van der Waals surface area contributed by atoms with Crippen LogP contribution in [-0.4, -0.2) is 27.2 Å². The number of nitrogens with zero attached hydrogens (tertiary/aromatic N) is 1. The lowest BCUT2D eigenvalue weighted by Crippen LogP contribution is -2.64. The monoisotopic (exact) mass is 296 g/mol. The molecule has 2 heterocycles. The summed E-state index contributed by atoms with van der Waals surface area (Å²) >= 11 is 1.79. The highest BCUT2D eigenvalue weighted by Gasteiger charge is 2.43. The Labute approximate surface area is 118 Å². The fourth-order valence-electron chi connectivity index (χ4n) is 3.46. The topological polar surface area (TPSA) is 3.24 Å². The van der Waals surface area contributed by atoms with Gasteiger partial charge in [-0.05, 0) is 43.6 Å². The number of aryl methyl sites for hydroxylation is 1. The number of hydrogen-bond donors (Lipinski definition) is 0. The van der Waals surface area contributed by atoms with Gasteiger partial charge in [0.05, 0.1) is 0 Å². The minimum atomic E-state index is -1.09. The molecule has 0 aromatic carbocycles. The maximum Gasteiger partial charge on any atom is 0.115 e. The Morgan fingerprint density at radius 2 is 1.89 bits per heavy atom. The van der Waals surface area contributed by atoms with Gasteiger partial charge in [-0.25, -0.2) is 0 Å². The van der Waals surface area contributed by atoms with Crippen LogP contribution < -0.4 is 0 Å². The number of thiophene rings is 1. The molecule has 101 valence electrons. The lowest BCUT2D eigenvalue weighted by Gasteiger charge is -2.51. The van der Waals surface area contributed by atoms with Crippen LogP contribution in [0, 0.1) is 5.38 Å². The Kier molecular flexibility index (Phi) is 4.52. The molecule has 1 radical (unpaired) electrons. The van der Waals surface area contributed by atoms with E-state index in [1.54, 1.807) is 11.3 Å². The summed E-state index contributed by atoms with van der Waals surface area (Å²) in [5.41, 5.74) is 0. The average molecular weight is 297 g/mol. The third kappa shape index (κ3) is 3.35. The van der Waals surface area contributed by atoms with Crippen molar-refractivity contribution in [3.63, 3.8) is 0 Å². The summed E-state index contributed by atoms with van der Waals surface area (Å²) < 4.78 is 3.01. The summed E-state index contributed by atoms with van der Waals surface area (Å²) in [6.07, 6.45) is 4.08. The zero-order valence-corrected chi connectivity index (χ0v) is 15.1. The molecule has 1 saturated heterocycles. The zero-order valence-electron chi connectivity index (χ0n) is 12.3. The van der Waals surface area contributed by atoms with Gasteiger partial charge in [-0.1, -0.05) is 32.6 Å². The Morgan fingerprint density at radius 3 is 2.44 bits per heavy atom. The van der Waals surface area contributed by atoms with Crippen molar-refractivity contribution in [2.45, 2.75) is 57.5 Å². The highest BCUT2D eigenvalue weighted by atomic mass is 32.1. The molecule has 0 amide bonds. The van der Waals surface area contributed by atoms with Crippen LogP contribution in [0.4, 0.5) is 0 Å². The molecule has 1 aromatic heterocycles. The third-order valence-electron chi connectivity index (χ3n) is 4.37. The first-order chi connectivity index (χ1) is 8.42. The molecule has 4 heteroatoms. The smallest absolute Gasteiger partial charge is 0.115 e. The second-order valence-corrected chi connectivity index (χ2v) is 17.5. The molecule has 0 aliphatic carbocycles. The van der Waals surface area contributed by atoms with Crippen molar-refractivity contribution >= 4 is 27.8 Å². The standard InChI is InChI=1S/C14H26NSSi2/c1-17(2)12-7-13-18(3,4)15(17)10-5-8-14-9-6-11-16-14/h6,9H,5,7-8,10,12-13H2,1-4H3. The van der Waals surface area contributed by atoms with Gasteiger partial charge in [0.1, 0.15) is 16.5 Å². The van der Waals surface area contributed by atoms with Crippen LogP contribution in [0.1, 0.15) is 17.7 Å². The van der Waals surface area contributed by atoms with Crippen LogP contribution >= 0.6 is 11.3 Å². The zero-order chi connectivity index (χ0) is 13.2. The van der Waals surface area contributed by atoms with E-state index in [1.807, 2.05) is 0 Å². The fourth-order valence-corrected chi connectivity index (χ4v) is 15.9. The van der Waals surface area contributed by atoms with E-state index in [2.05, 4.69) is 47.9 Å². The largest absolute Gasteiger partial charge is 0.345 e. The molecule has 0 saturated carbocycles. The molecule has 0 unspecified atom stereocenters. The summed E-state index contributed by atoms with van der Waals surface area (Å²) in [5, 5.41) is 3.20. The Hall–Kier alpha value is 0.0938. The van der Waals surface area contributed by atoms with Crippen molar-refractivity contribution in [1.82, 2.24) is 4.23 Å². The van der Waals surface area contributed by atoms with Crippen LogP contribution in [0.25, 0.3) is 0 Å². The first kappa shape index (κ1) is 14.5. The van der Waals surface area contributed by atoms with E-state index in [0.717, 1.165) is 0 Å². The third-order valence-corrected chi connectivity index (χ3v) is 15.4. The molecule has 0 N–H and O–H groups in total. The van der Waals surface area contributed by atoms with E-state index in [0.29, 0.717) is 0 Å². The molecule has 1 fully saturated rings.